The number of carboxylic acid groups (broad SMARTS) is 1. The molecule has 0 aliphatic heterocycles. The van der Waals surface area contributed by atoms with Gasteiger partial charge in [0, 0.05) is 17.6 Å². The molecule has 0 fully saturated rings. The number of aryl methyl sites for hydroxylation is 3. The molecule has 0 aliphatic carbocycles. The van der Waals surface area contributed by atoms with Crippen molar-refractivity contribution in [3.63, 3.8) is 0 Å². The van der Waals surface area contributed by atoms with Crippen molar-refractivity contribution in [2.75, 3.05) is 6.54 Å². The van der Waals surface area contributed by atoms with E-state index in [1.54, 1.807) is 12.1 Å². The van der Waals surface area contributed by atoms with Crippen LogP contribution in [0.5, 0.6) is 0 Å². The number of nitrogens with zero attached hydrogens (tertiary/aromatic N) is 1. The maximum atomic E-state index is 11.3. The second kappa shape index (κ2) is 5.67. The fourth-order valence-electron chi connectivity index (χ4n) is 2.79. The number of aromatic carboxylic acids is 1. The number of rotatable bonds is 5. The quantitative estimate of drug-likeness (QED) is 0.881. The van der Waals surface area contributed by atoms with Gasteiger partial charge in [0.1, 0.15) is 0 Å². The standard InChI is InChI=1S/C16H22N2O2/c1-4-12-8-13(16(19)20)9-14-10(2)11(3)18(15(12)14)7-5-6-17/h8-9H,4-7,17H2,1-3H3,(H,19,20). The lowest BCUT2D eigenvalue weighted by molar-refractivity contribution is 0.0697. The zero-order valence-electron chi connectivity index (χ0n) is 12.4. The molecule has 0 aliphatic rings. The summed E-state index contributed by atoms with van der Waals surface area (Å²) in [5.74, 6) is -0.867. The number of carbonyl (C=O) groups is 1. The number of aromatic nitrogens is 1. The van der Waals surface area contributed by atoms with E-state index in [0.717, 1.165) is 35.9 Å². The molecule has 1 heterocycles. The van der Waals surface area contributed by atoms with Crippen molar-refractivity contribution in [1.29, 1.82) is 0 Å². The molecule has 2 rings (SSSR count). The highest BCUT2D eigenvalue weighted by Crippen LogP contribution is 2.30. The Labute approximate surface area is 119 Å². The summed E-state index contributed by atoms with van der Waals surface area (Å²) in [6.45, 7) is 7.75. The largest absolute Gasteiger partial charge is 0.478 e. The predicted octanol–water partition coefficient (Wildman–Crippen LogP) is 2.87. The molecule has 0 unspecified atom stereocenters. The summed E-state index contributed by atoms with van der Waals surface area (Å²) < 4.78 is 2.28. The zero-order chi connectivity index (χ0) is 14.9. The van der Waals surface area contributed by atoms with E-state index in [4.69, 9.17) is 5.73 Å². The minimum atomic E-state index is -0.867. The fraction of sp³-hybridized carbons (Fsp3) is 0.438. The Hall–Kier alpha value is -1.81. The third-order valence-corrected chi connectivity index (χ3v) is 4.02. The van der Waals surface area contributed by atoms with Crippen LogP contribution < -0.4 is 5.73 Å². The molecule has 0 atom stereocenters. The first kappa shape index (κ1) is 14.6. The molecule has 0 spiro atoms. The average molecular weight is 274 g/mol. The van der Waals surface area contributed by atoms with Crippen LogP contribution in [0.2, 0.25) is 0 Å². The van der Waals surface area contributed by atoms with Gasteiger partial charge in [0.2, 0.25) is 0 Å². The van der Waals surface area contributed by atoms with Crippen molar-refractivity contribution in [3.05, 3.63) is 34.5 Å². The molecule has 20 heavy (non-hydrogen) atoms. The second-order valence-electron chi connectivity index (χ2n) is 5.19. The molecule has 0 bridgehead atoms. The molecule has 4 heteroatoms. The summed E-state index contributed by atoms with van der Waals surface area (Å²) in [6, 6.07) is 3.58. The van der Waals surface area contributed by atoms with Crippen LogP contribution in [0.4, 0.5) is 0 Å². The molecule has 1 aromatic carbocycles. The van der Waals surface area contributed by atoms with Crippen LogP contribution in [0.15, 0.2) is 12.1 Å². The Balaban J connectivity index is 2.75. The first-order chi connectivity index (χ1) is 9.51. The summed E-state index contributed by atoms with van der Waals surface area (Å²) in [5.41, 5.74) is 10.6. The van der Waals surface area contributed by atoms with Gasteiger partial charge in [-0.25, -0.2) is 4.79 Å². The predicted molar refractivity (Wildman–Crippen MR) is 81.4 cm³/mol. The lowest BCUT2D eigenvalue weighted by Crippen LogP contribution is -2.08. The van der Waals surface area contributed by atoms with Gasteiger partial charge in [-0.2, -0.15) is 0 Å². The Kier molecular flexibility index (Phi) is 4.14. The highest BCUT2D eigenvalue weighted by molar-refractivity contribution is 5.97. The Bertz CT molecular complexity index is 656. The lowest BCUT2D eigenvalue weighted by Gasteiger charge is -2.11. The average Bonchev–Trinajstić information content (AvgIpc) is 2.68. The molecule has 0 amide bonds. The van der Waals surface area contributed by atoms with Gasteiger partial charge in [0.05, 0.1) is 11.1 Å². The van der Waals surface area contributed by atoms with Gasteiger partial charge in [0.15, 0.2) is 0 Å². The van der Waals surface area contributed by atoms with E-state index in [-0.39, 0.29) is 0 Å². The minimum absolute atomic E-state index is 0.369. The number of carboxylic acids is 1. The molecule has 0 saturated carbocycles. The zero-order valence-corrected chi connectivity index (χ0v) is 12.4. The van der Waals surface area contributed by atoms with Gasteiger partial charge in [-0.3, -0.25) is 0 Å². The Morgan fingerprint density at radius 3 is 2.60 bits per heavy atom. The van der Waals surface area contributed by atoms with E-state index in [0.29, 0.717) is 12.1 Å². The van der Waals surface area contributed by atoms with E-state index in [1.807, 2.05) is 0 Å². The Morgan fingerprint density at radius 1 is 1.35 bits per heavy atom. The fourth-order valence-corrected chi connectivity index (χ4v) is 2.79. The summed E-state index contributed by atoms with van der Waals surface area (Å²) in [6.07, 6.45) is 1.75. The molecular formula is C16H22N2O2. The van der Waals surface area contributed by atoms with E-state index in [2.05, 4.69) is 25.3 Å². The Morgan fingerprint density at radius 2 is 2.05 bits per heavy atom. The highest BCUT2D eigenvalue weighted by Gasteiger charge is 2.16. The van der Waals surface area contributed by atoms with Crippen molar-refractivity contribution >= 4 is 16.9 Å². The van der Waals surface area contributed by atoms with Gasteiger partial charge in [-0.1, -0.05) is 6.92 Å². The van der Waals surface area contributed by atoms with Gasteiger partial charge in [-0.05, 0) is 56.5 Å². The molecule has 2 aromatic rings. The van der Waals surface area contributed by atoms with E-state index in [1.165, 1.54) is 11.2 Å². The highest BCUT2D eigenvalue weighted by atomic mass is 16.4. The van der Waals surface area contributed by atoms with Crippen LogP contribution in [0, 0.1) is 13.8 Å². The van der Waals surface area contributed by atoms with Crippen molar-refractivity contribution in [1.82, 2.24) is 4.57 Å². The summed E-state index contributed by atoms with van der Waals surface area (Å²) in [7, 11) is 0. The summed E-state index contributed by atoms with van der Waals surface area (Å²) in [5, 5.41) is 10.3. The van der Waals surface area contributed by atoms with Gasteiger partial charge in [-0.15, -0.1) is 0 Å². The number of nitrogens with two attached hydrogens (primary N) is 1. The summed E-state index contributed by atoms with van der Waals surface area (Å²) in [4.78, 5) is 11.3. The second-order valence-corrected chi connectivity index (χ2v) is 5.19. The van der Waals surface area contributed by atoms with Crippen LogP contribution in [-0.2, 0) is 13.0 Å². The van der Waals surface area contributed by atoms with Crippen molar-refractivity contribution in [2.24, 2.45) is 5.73 Å². The van der Waals surface area contributed by atoms with E-state index in [9.17, 15) is 9.90 Å². The molecular weight excluding hydrogens is 252 g/mol. The topological polar surface area (TPSA) is 68.2 Å². The molecule has 1 aromatic heterocycles. The molecule has 3 N–H and O–H groups in total. The number of hydrogen-bond donors (Lipinski definition) is 2. The summed E-state index contributed by atoms with van der Waals surface area (Å²) >= 11 is 0. The lowest BCUT2D eigenvalue weighted by atomic mass is 10.0. The van der Waals surface area contributed by atoms with E-state index >= 15 is 0 Å². The molecule has 0 saturated heterocycles. The van der Waals surface area contributed by atoms with Crippen LogP contribution >= 0.6 is 0 Å². The van der Waals surface area contributed by atoms with Crippen LogP contribution in [-0.4, -0.2) is 22.2 Å². The van der Waals surface area contributed by atoms with Gasteiger partial charge < -0.3 is 15.4 Å². The van der Waals surface area contributed by atoms with Gasteiger partial charge in [0.25, 0.3) is 0 Å². The third kappa shape index (κ3) is 2.31. The minimum Gasteiger partial charge on any atom is -0.478 e. The van der Waals surface area contributed by atoms with Gasteiger partial charge >= 0.3 is 5.97 Å². The van der Waals surface area contributed by atoms with Crippen LogP contribution in [0.25, 0.3) is 10.9 Å². The van der Waals surface area contributed by atoms with Crippen molar-refractivity contribution in [2.45, 2.75) is 40.2 Å². The van der Waals surface area contributed by atoms with E-state index < -0.39 is 5.97 Å². The van der Waals surface area contributed by atoms with Crippen LogP contribution in [0.3, 0.4) is 0 Å². The van der Waals surface area contributed by atoms with Crippen molar-refractivity contribution in [3.8, 4) is 0 Å². The molecule has 108 valence electrons. The SMILES string of the molecule is CCc1cc(C(=O)O)cc2c(C)c(C)n(CCCN)c12. The third-order valence-electron chi connectivity index (χ3n) is 4.02. The van der Waals surface area contributed by atoms with Crippen molar-refractivity contribution < 1.29 is 9.90 Å². The van der Waals surface area contributed by atoms with Crippen LogP contribution in [0.1, 0.15) is 40.5 Å². The maximum absolute atomic E-state index is 11.3. The number of benzene rings is 1. The monoisotopic (exact) mass is 274 g/mol. The number of hydrogen-bond acceptors (Lipinski definition) is 2. The normalized spacial score (nSPS) is 11.2. The smallest absolute Gasteiger partial charge is 0.335 e. The molecule has 4 nitrogen and oxygen atoms in total. The first-order valence-corrected chi connectivity index (χ1v) is 7.06. The molecule has 0 radical (unpaired) electrons. The first-order valence-electron chi connectivity index (χ1n) is 7.06. The number of fused-ring (bicyclic) bond motifs is 1. The maximum Gasteiger partial charge on any atom is 0.335 e.